The Morgan fingerprint density at radius 1 is 1.14 bits per heavy atom. The molecular formula is C14H14N2O4S. The van der Waals surface area contributed by atoms with Gasteiger partial charge in [0.05, 0.1) is 16.3 Å². The average molecular weight is 306 g/mol. The van der Waals surface area contributed by atoms with Crippen LogP contribution in [0, 0.1) is 0 Å². The number of hydrogen-bond donors (Lipinski definition) is 3. The first kappa shape index (κ1) is 14.9. The quantitative estimate of drug-likeness (QED) is 0.590. The van der Waals surface area contributed by atoms with Crippen LogP contribution in [0.1, 0.15) is 10.4 Å². The average Bonchev–Trinajstić information content (AvgIpc) is 2.41. The maximum atomic E-state index is 12.0. The van der Waals surface area contributed by atoms with Crippen molar-refractivity contribution < 1.29 is 18.3 Å². The number of sulfone groups is 1. The highest BCUT2D eigenvalue weighted by atomic mass is 32.2. The van der Waals surface area contributed by atoms with Crippen LogP contribution < -0.4 is 11.1 Å². The van der Waals surface area contributed by atoms with Crippen LogP contribution in [0.3, 0.4) is 0 Å². The molecule has 0 aromatic heterocycles. The van der Waals surface area contributed by atoms with Crippen LogP contribution >= 0.6 is 0 Å². The van der Waals surface area contributed by atoms with Gasteiger partial charge in [0, 0.05) is 17.9 Å². The topological polar surface area (TPSA) is 109 Å². The Bertz CT molecular complexity index is 783. The number of hydrogen-bond acceptors (Lipinski definition) is 5. The molecule has 21 heavy (non-hydrogen) atoms. The van der Waals surface area contributed by atoms with Gasteiger partial charge in [-0.1, -0.05) is 0 Å². The molecule has 0 atom stereocenters. The van der Waals surface area contributed by atoms with Gasteiger partial charge >= 0.3 is 0 Å². The Hall–Kier alpha value is -2.54. The molecule has 0 heterocycles. The van der Waals surface area contributed by atoms with E-state index < -0.39 is 15.7 Å². The zero-order valence-electron chi connectivity index (χ0n) is 11.2. The smallest absolute Gasteiger partial charge is 0.255 e. The number of carbonyl (C=O) groups is 1. The standard InChI is InChI=1S/C14H14N2O4S/c1-21(19,20)11-5-2-9(3-6-11)14(18)16-13-7-4-10(17)8-12(13)15/h2-8,17H,15H2,1H3,(H,16,18). The molecule has 0 aliphatic heterocycles. The summed E-state index contributed by atoms with van der Waals surface area (Å²) in [5.41, 5.74) is 6.57. The van der Waals surface area contributed by atoms with Crippen molar-refractivity contribution in [1.82, 2.24) is 0 Å². The maximum Gasteiger partial charge on any atom is 0.255 e. The summed E-state index contributed by atoms with van der Waals surface area (Å²) in [6.07, 6.45) is 1.10. The summed E-state index contributed by atoms with van der Waals surface area (Å²) in [5, 5.41) is 11.8. The second-order valence-corrected chi connectivity index (χ2v) is 6.54. The summed E-state index contributed by atoms with van der Waals surface area (Å²) in [7, 11) is -3.30. The van der Waals surface area contributed by atoms with Crippen molar-refractivity contribution in [2.75, 3.05) is 17.3 Å². The highest BCUT2D eigenvalue weighted by molar-refractivity contribution is 7.90. The summed E-state index contributed by atoms with van der Waals surface area (Å²) in [5.74, 6) is -0.421. The lowest BCUT2D eigenvalue weighted by molar-refractivity contribution is 0.102. The Kier molecular flexibility index (Phi) is 3.86. The van der Waals surface area contributed by atoms with Gasteiger partial charge in [0.1, 0.15) is 5.75 Å². The van der Waals surface area contributed by atoms with E-state index in [0.717, 1.165) is 6.26 Å². The number of carbonyl (C=O) groups excluding carboxylic acids is 1. The minimum atomic E-state index is -3.30. The molecule has 2 rings (SSSR count). The number of rotatable bonds is 3. The van der Waals surface area contributed by atoms with E-state index in [4.69, 9.17) is 5.73 Å². The van der Waals surface area contributed by atoms with E-state index >= 15 is 0 Å². The fourth-order valence-corrected chi connectivity index (χ4v) is 2.34. The van der Waals surface area contributed by atoms with Gasteiger partial charge in [0.2, 0.25) is 0 Å². The number of nitrogens with two attached hydrogens (primary N) is 1. The summed E-state index contributed by atoms with van der Waals surface area (Å²) in [6, 6.07) is 9.77. The first-order chi connectivity index (χ1) is 9.77. The summed E-state index contributed by atoms with van der Waals surface area (Å²) in [6.45, 7) is 0. The van der Waals surface area contributed by atoms with E-state index in [-0.39, 0.29) is 16.3 Å². The molecule has 110 valence electrons. The van der Waals surface area contributed by atoms with Gasteiger partial charge in [0.25, 0.3) is 5.91 Å². The molecule has 2 aromatic carbocycles. The van der Waals surface area contributed by atoms with Crippen LogP contribution in [0.25, 0.3) is 0 Å². The van der Waals surface area contributed by atoms with Gasteiger partial charge in [-0.3, -0.25) is 4.79 Å². The van der Waals surface area contributed by atoms with E-state index in [2.05, 4.69) is 5.32 Å². The van der Waals surface area contributed by atoms with Gasteiger partial charge in [-0.05, 0) is 36.4 Å². The van der Waals surface area contributed by atoms with Crippen molar-refractivity contribution in [3.05, 3.63) is 48.0 Å². The van der Waals surface area contributed by atoms with Crippen LogP contribution in [0.2, 0.25) is 0 Å². The molecule has 0 bridgehead atoms. The second-order valence-electron chi connectivity index (χ2n) is 4.52. The molecule has 0 radical (unpaired) electrons. The largest absolute Gasteiger partial charge is 0.508 e. The first-order valence-electron chi connectivity index (χ1n) is 5.97. The predicted molar refractivity (Wildman–Crippen MR) is 80.0 cm³/mol. The van der Waals surface area contributed by atoms with E-state index in [0.29, 0.717) is 11.3 Å². The van der Waals surface area contributed by atoms with Crippen molar-refractivity contribution in [1.29, 1.82) is 0 Å². The number of nitrogen functional groups attached to an aromatic ring is 1. The van der Waals surface area contributed by atoms with Crippen LogP contribution in [-0.2, 0) is 9.84 Å². The van der Waals surface area contributed by atoms with E-state index in [9.17, 15) is 18.3 Å². The lowest BCUT2D eigenvalue weighted by atomic mass is 10.2. The summed E-state index contributed by atoms with van der Waals surface area (Å²) < 4.78 is 22.7. The molecular weight excluding hydrogens is 292 g/mol. The molecule has 4 N–H and O–H groups in total. The molecule has 0 aliphatic carbocycles. The number of phenols is 1. The molecule has 7 heteroatoms. The summed E-state index contributed by atoms with van der Waals surface area (Å²) in [4.78, 5) is 12.2. The minimum absolute atomic E-state index is 0.00278. The molecule has 6 nitrogen and oxygen atoms in total. The molecule has 0 fully saturated rings. The number of anilines is 2. The van der Waals surface area contributed by atoms with Crippen LogP contribution in [0.5, 0.6) is 5.75 Å². The number of amides is 1. The van der Waals surface area contributed by atoms with Crippen molar-refractivity contribution in [3.63, 3.8) is 0 Å². The number of benzene rings is 2. The molecule has 2 aromatic rings. The second kappa shape index (κ2) is 5.45. The summed E-state index contributed by atoms with van der Waals surface area (Å²) >= 11 is 0. The Balaban J connectivity index is 2.21. The monoisotopic (exact) mass is 306 g/mol. The highest BCUT2D eigenvalue weighted by Crippen LogP contribution is 2.23. The predicted octanol–water partition coefficient (Wildman–Crippen LogP) is 1.63. The van der Waals surface area contributed by atoms with Crippen LogP contribution in [-0.4, -0.2) is 25.7 Å². The van der Waals surface area contributed by atoms with Gasteiger partial charge < -0.3 is 16.2 Å². The minimum Gasteiger partial charge on any atom is -0.508 e. The van der Waals surface area contributed by atoms with Crippen LogP contribution in [0.4, 0.5) is 11.4 Å². The third kappa shape index (κ3) is 3.51. The SMILES string of the molecule is CS(=O)(=O)c1ccc(C(=O)Nc2ccc(O)cc2N)cc1. The third-order valence-electron chi connectivity index (χ3n) is 2.83. The van der Waals surface area contributed by atoms with E-state index in [1.54, 1.807) is 0 Å². The Morgan fingerprint density at radius 3 is 2.29 bits per heavy atom. The zero-order valence-corrected chi connectivity index (χ0v) is 12.0. The Morgan fingerprint density at radius 2 is 1.76 bits per heavy atom. The molecule has 1 amide bonds. The Labute approximate surface area is 122 Å². The number of nitrogens with one attached hydrogen (secondary N) is 1. The first-order valence-corrected chi connectivity index (χ1v) is 7.86. The van der Waals surface area contributed by atoms with Crippen LogP contribution in [0.15, 0.2) is 47.4 Å². The fraction of sp³-hybridized carbons (Fsp3) is 0.0714. The number of aromatic hydroxyl groups is 1. The highest BCUT2D eigenvalue weighted by Gasteiger charge is 2.11. The molecule has 0 unspecified atom stereocenters. The fourth-order valence-electron chi connectivity index (χ4n) is 1.71. The zero-order chi connectivity index (χ0) is 15.6. The third-order valence-corrected chi connectivity index (χ3v) is 3.96. The van der Waals surface area contributed by atoms with E-state index in [1.807, 2.05) is 0 Å². The van der Waals surface area contributed by atoms with Crippen molar-refractivity contribution >= 4 is 27.1 Å². The van der Waals surface area contributed by atoms with Crippen molar-refractivity contribution in [2.45, 2.75) is 4.90 Å². The molecule has 0 saturated carbocycles. The van der Waals surface area contributed by atoms with Gasteiger partial charge in [0.15, 0.2) is 9.84 Å². The van der Waals surface area contributed by atoms with Gasteiger partial charge in [-0.15, -0.1) is 0 Å². The van der Waals surface area contributed by atoms with Gasteiger partial charge in [-0.25, -0.2) is 8.42 Å². The van der Waals surface area contributed by atoms with Crippen molar-refractivity contribution in [2.24, 2.45) is 0 Å². The lowest BCUT2D eigenvalue weighted by Crippen LogP contribution is -2.13. The number of phenolic OH excluding ortho intramolecular Hbond substituents is 1. The molecule has 0 saturated heterocycles. The normalized spacial score (nSPS) is 11.1. The maximum absolute atomic E-state index is 12.0. The van der Waals surface area contributed by atoms with E-state index in [1.165, 1.54) is 42.5 Å². The molecule has 0 aliphatic rings. The van der Waals surface area contributed by atoms with Gasteiger partial charge in [-0.2, -0.15) is 0 Å². The lowest BCUT2D eigenvalue weighted by Gasteiger charge is -2.08. The molecule has 0 spiro atoms. The van der Waals surface area contributed by atoms with Crippen molar-refractivity contribution in [3.8, 4) is 5.75 Å².